The molecule has 0 aliphatic carbocycles. The van der Waals surface area contributed by atoms with Gasteiger partial charge in [0, 0.05) is 12.5 Å². The molecule has 0 saturated carbocycles. The van der Waals surface area contributed by atoms with E-state index in [2.05, 4.69) is 26.6 Å². The molecule has 0 N–H and O–H groups in total. The van der Waals surface area contributed by atoms with Crippen LogP contribution < -0.4 is 0 Å². The standard InChI is InChI=1S/C24H50O3Si/c1-6-7-8-9-10-11-12-13-14-15-16-17-18-20-23(27-28(3,4)5)21-19-22-24(25)26-2/h23H,6-22H2,1-5H3. The summed E-state index contributed by atoms with van der Waals surface area (Å²) < 4.78 is 11.1. The molecule has 1 atom stereocenters. The molecular weight excluding hydrogens is 364 g/mol. The third-order valence-corrected chi connectivity index (χ3v) is 6.32. The van der Waals surface area contributed by atoms with E-state index in [9.17, 15) is 4.79 Å². The van der Waals surface area contributed by atoms with Gasteiger partial charge in [0.05, 0.1) is 7.11 Å². The minimum absolute atomic E-state index is 0.104. The summed E-state index contributed by atoms with van der Waals surface area (Å²) in [4.78, 5) is 11.3. The summed E-state index contributed by atoms with van der Waals surface area (Å²) in [6.07, 6.45) is 21.9. The fourth-order valence-corrected chi connectivity index (χ4v) is 4.96. The second-order valence-electron chi connectivity index (χ2n) is 9.35. The van der Waals surface area contributed by atoms with Gasteiger partial charge in [0.25, 0.3) is 0 Å². The van der Waals surface area contributed by atoms with Crippen molar-refractivity contribution < 1.29 is 14.0 Å². The van der Waals surface area contributed by atoms with Gasteiger partial charge in [0.15, 0.2) is 8.32 Å². The molecule has 0 aliphatic heterocycles. The van der Waals surface area contributed by atoms with Crippen molar-refractivity contribution >= 4 is 14.3 Å². The number of methoxy groups -OCH3 is 1. The Kier molecular flexibility index (Phi) is 18.4. The number of esters is 1. The molecule has 0 heterocycles. The van der Waals surface area contributed by atoms with Gasteiger partial charge >= 0.3 is 5.97 Å². The predicted octanol–water partition coefficient (Wildman–Crippen LogP) is 8.03. The van der Waals surface area contributed by atoms with Gasteiger partial charge in [-0.25, -0.2) is 0 Å². The largest absolute Gasteiger partial charge is 0.469 e. The summed E-state index contributed by atoms with van der Waals surface area (Å²) in [6, 6.07) is 0. The monoisotopic (exact) mass is 414 g/mol. The maximum Gasteiger partial charge on any atom is 0.305 e. The number of ether oxygens (including phenoxy) is 1. The van der Waals surface area contributed by atoms with E-state index in [1.54, 1.807) is 0 Å². The maximum absolute atomic E-state index is 11.3. The van der Waals surface area contributed by atoms with Crippen molar-refractivity contribution in [2.75, 3.05) is 7.11 Å². The second-order valence-corrected chi connectivity index (χ2v) is 13.8. The fourth-order valence-electron chi connectivity index (χ4n) is 3.73. The van der Waals surface area contributed by atoms with Crippen LogP contribution in [0.2, 0.25) is 19.6 Å². The van der Waals surface area contributed by atoms with Gasteiger partial charge in [-0.1, -0.05) is 90.4 Å². The van der Waals surface area contributed by atoms with E-state index in [4.69, 9.17) is 9.16 Å². The van der Waals surface area contributed by atoms with Crippen LogP contribution in [-0.2, 0) is 14.0 Å². The Hall–Kier alpha value is -0.353. The van der Waals surface area contributed by atoms with Crippen molar-refractivity contribution in [1.29, 1.82) is 0 Å². The van der Waals surface area contributed by atoms with E-state index in [1.165, 1.54) is 90.6 Å². The molecule has 0 saturated heterocycles. The van der Waals surface area contributed by atoms with E-state index >= 15 is 0 Å². The Balaban J connectivity index is 3.66. The summed E-state index contributed by atoms with van der Waals surface area (Å²) in [7, 11) is -0.0627. The number of hydrogen-bond acceptors (Lipinski definition) is 3. The van der Waals surface area contributed by atoms with Gasteiger partial charge in [0.2, 0.25) is 0 Å². The van der Waals surface area contributed by atoms with Crippen LogP contribution in [0.4, 0.5) is 0 Å². The Morgan fingerprint density at radius 3 is 1.57 bits per heavy atom. The minimum atomic E-state index is -1.53. The zero-order valence-corrected chi connectivity index (χ0v) is 20.8. The normalized spacial score (nSPS) is 12.9. The van der Waals surface area contributed by atoms with E-state index in [0.717, 1.165) is 19.3 Å². The van der Waals surface area contributed by atoms with Crippen LogP contribution in [0.25, 0.3) is 0 Å². The molecule has 0 radical (unpaired) electrons. The lowest BCUT2D eigenvalue weighted by atomic mass is 10.0. The molecule has 0 aromatic heterocycles. The van der Waals surface area contributed by atoms with E-state index in [-0.39, 0.29) is 5.97 Å². The zero-order chi connectivity index (χ0) is 21.1. The quantitative estimate of drug-likeness (QED) is 0.115. The molecule has 0 bridgehead atoms. The predicted molar refractivity (Wildman–Crippen MR) is 124 cm³/mol. The van der Waals surface area contributed by atoms with Crippen LogP contribution in [0.1, 0.15) is 116 Å². The molecule has 0 aliphatic rings. The first kappa shape index (κ1) is 27.6. The fraction of sp³-hybridized carbons (Fsp3) is 0.958. The molecule has 0 spiro atoms. The van der Waals surface area contributed by atoms with Crippen LogP contribution in [0.15, 0.2) is 0 Å². The maximum atomic E-state index is 11.3. The SMILES string of the molecule is CCCCCCCCCCCCCCCC(CCCC(=O)OC)O[Si](C)(C)C. The lowest BCUT2D eigenvalue weighted by Crippen LogP contribution is -2.32. The zero-order valence-electron chi connectivity index (χ0n) is 19.8. The summed E-state index contributed by atoms with van der Waals surface area (Å²) in [5, 5.41) is 0. The Labute approximate surface area is 177 Å². The van der Waals surface area contributed by atoms with Gasteiger partial charge < -0.3 is 9.16 Å². The molecule has 3 nitrogen and oxygen atoms in total. The lowest BCUT2D eigenvalue weighted by molar-refractivity contribution is -0.140. The molecule has 0 aromatic carbocycles. The molecule has 1 unspecified atom stereocenters. The summed E-state index contributed by atoms with van der Waals surface area (Å²) in [5.41, 5.74) is 0. The Morgan fingerprint density at radius 1 is 0.714 bits per heavy atom. The van der Waals surface area contributed by atoms with Gasteiger partial charge in [-0.15, -0.1) is 0 Å². The van der Waals surface area contributed by atoms with Crippen molar-refractivity contribution in [3.05, 3.63) is 0 Å². The van der Waals surface area contributed by atoms with Crippen molar-refractivity contribution in [2.45, 2.75) is 142 Å². The molecule has 0 amide bonds. The van der Waals surface area contributed by atoms with Crippen molar-refractivity contribution in [1.82, 2.24) is 0 Å². The lowest BCUT2D eigenvalue weighted by Gasteiger charge is -2.26. The van der Waals surface area contributed by atoms with Crippen LogP contribution in [0.5, 0.6) is 0 Å². The van der Waals surface area contributed by atoms with E-state index in [0.29, 0.717) is 12.5 Å². The first-order valence-electron chi connectivity index (χ1n) is 12.1. The average Bonchev–Trinajstić information content (AvgIpc) is 2.63. The van der Waals surface area contributed by atoms with Gasteiger partial charge in [0.1, 0.15) is 0 Å². The van der Waals surface area contributed by atoms with Gasteiger partial charge in [-0.2, -0.15) is 0 Å². The summed E-state index contributed by atoms with van der Waals surface area (Å²) >= 11 is 0. The smallest absolute Gasteiger partial charge is 0.305 e. The first-order valence-corrected chi connectivity index (χ1v) is 15.5. The molecular formula is C24H50O3Si. The van der Waals surface area contributed by atoms with Crippen LogP contribution >= 0.6 is 0 Å². The van der Waals surface area contributed by atoms with Gasteiger partial charge in [-0.05, 0) is 38.9 Å². The topological polar surface area (TPSA) is 35.5 Å². The Bertz CT molecular complexity index is 352. The highest BCUT2D eigenvalue weighted by atomic mass is 28.4. The third kappa shape index (κ3) is 20.4. The first-order chi connectivity index (χ1) is 13.4. The van der Waals surface area contributed by atoms with Crippen molar-refractivity contribution in [2.24, 2.45) is 0 Å². The van der Waals surface area contributed by atoms with Crippen LogP contribution in [-0.4, -0.2) is 27.5 Å². The summed E-state index contributed by atoms with van der Waals surface area (Å²) in [5.74, 6) is -0.104. The highest BCUT2D eigenvalue weighted by molar-refractivity contribution is 6.69. The molecule has 4 heteroatoms. The highest BCUT2D eigenvalue weighted by Crippen LogP contribution is 2.19. The molecule has 168 valence electrons. The average molecular weight is 415 g/mol. The molecule has 0 rings (SSSR count). The molecule has 28 heavy (non-hydrogen) atoms. The third-order valence-electron chi connectivity index (χ3n) is 5.28. The van der Waals surface area contributed by atoms with Gasteiger partial charge in [-0.3, -0.25) is 4.79 Å². The minimum Gasteiger partial charge on any atom is -0.469 e. The second kappa shape index (κ2) is 18.7. The number of carbonyl (C=O) groups is 1. The van der Waals surface area contributed by atoms with Crippen molar-refractivity contribution in [3.8, 4) is 0 Å². The number of rotatable bonds is 20. The molecule has 0 fully saturated rings. The Morgan fingerprint density at radius 2 is 1.14 bits per heavy atom. The van der Waals surface area contributed by atoms with Crippen molar-refractivity contribution in [3.63, 3.8) is 0 Å². The van der Waals surface area contributed by atoms with Crippen LogP contribution in [0, 0.1) is 0 Å². The van der Waals surface area contributed by atoms with E-state index in [1.807, 2.05) is 0 Å². The highest BCUT2D eigenvalue weighted by Gasteiger charge is 2.21. The molecule has 0 aromatic rings. The van der Waals surface area contributed by atoms with Crippen LogP contribution in [0.3, 0.4) is 0 Å². The number of unbranched alkanes of at least 4 members (excludes halogenated alkanes) is 12. The number of hydrogen-bond donors (Lipinski definition) is 0. The number of carbonyl (C=O) groups excluding carboxylic acids is 1. The van der Waals surface area contributed by atoms with E-state index < -0.39 is 8.32 Å². The summed E-state index contributed by atoms with van der Waals surface area (Å²) in [6.45, 7) is 9.04.